The molecule has 0 aliphatic rings. The van der Waals surface area contributed by atoms with E-state index in [0.717, 1.165) is 24.6 Å². The predicted molar refractivity (Wildman–Crippen MR) is 63.3 cm³/mol. The molecule has 0 saturated carbocycles. The summed E-state index contributed by atoms with van der Waals surface area (Å²) in [6, 6.07) is 13.0. The molecule has 0 atom stereocenters. The molecule has 0 heterocycles. The topological polar surface area (TPSA) is 0 Å². The molecule has 0 amide bonds. The zero-order valence-electron chi connectivity index (χ0n) is 8.79. The lowest BCUT2D eigenvalue weighted by molar-refractivity contribution is 0.626. The van der Waals surface area contributed by atoms with Crippen LogP contribution in [0.15, 0.2) is 48.5 Å². The predicted octanol–water partition coefficient (Wildman–Crippen LogP) is 2.23. The molecule has 0 N–H and O–H groups in total. The molecule has 0 aliphatic heterocycles. The highest BCUT2D eigenvalue weighted by molar-refractivity contribution is 6.52. The molecule has 0 nitrogen and oxygen atoms in total. The lowest BCUT2D eigenvalue weighted by Gasteiger charge is -2.01. The first-order chi connectivity index (χ1) is 7.74. The van der Waals surface area contributed by atoms with Gasteiger partial charge in [-0.1, -0.05) is 35.3 Å². The van der Waals surface area contributed by atoms with E-state index < -0.39 is 0 Å². The van der Waals surface area contributed by atoms with Crippen LogP contribution in [0, 0.1) is 11.6 Å². The Morgan fingerprint density at radius 3 is 2.25 bits per heavy atom. The Labute approximate surface area is 94.2 Å². The fraction of sp³-hybridized carbons (Fsp3) is 0.0769. The lowest BCUT2D eigenvalue weighted by Crippen LogP contribution is -2.16. The molecule has 0 fully saturated rings. The van der Waals surface area contributed by atoms with Crippen LogP contribution in [0.5, 0.6) is 0 Å². The average molecular weight is 216 g/mol. The van der Waals surface area contributed by atoms with Crippen molar-refractivity contribution >= 4 is 12.7 Å². The number of halogens is 2. The van der Waals surface area contributed by atoms with Crippen LogP contribution in [0.1, 0.15) is 5.56 Å². The smallest absolute Gasteiger partial charge is 0.162 e. The normalized spacial score (nSPS) is 10.1. The molecule has 2 rings (SSSR count). The van der Waals surface area contributed by atoms with Crippen LogP contribution in [0.4, 0.5) is 8.78 Å². The van der Waals surface area contributed by atoms with Gasteiger partial charge in [0.2, 0.25) is 0 Å². The summed E-state index contributed by atoms with van der Waals surface area (Å²) in [6.07, 6.45) is 0.723. The second-order valence-corrected chi connectivity index (χ2v) is 3.76. The zero-order chi connectivity index (χ0) is 11.4. The lowest BCUT2D eigenvalue weighted by atomic mass is 9.65. The van der Waals surface area contributed by atoms with Crippen LogP contribution in [-0.4, -0.2) is 7.28 Å². The third-order valence-electron chi connectivity index (χ3n) is 2.48. The molecule has 2 aromatic carbocycles. The molecule has 0 bridgehead atoms. The van der Waals surface area contributed by atoms with Crippen molar-refractivity contribution in [2.75, 3.05) is 0 Å². The molecule has 0 aromatic heterocycles. The van der Waals surface area contributed by atoms with E-state index in [1.54, 1.807) is 12.1 Å². The summed E-state index contributed by atoms with van der Waals surface area (Å²) in [5.41, 5.74) is 1.87. The molecule has 0 radical (unpaired) electrons. The molecule has 3 heteroatoms. The van der Waals surface area contributed by atoms with Gasteiger partial charge in [0.1, 0.15) is 11.6 Å². The number of hydrogen-bond acceptors (Lipinski definition) is 0. The van der Waals surface area contributed by atoms with Gasteiger partial charge in [-0.25, -0.2) is 8.78 Å². The van der Waals surface area contributed by atoms with Crippen molar-refractivity contribution in [2.24, 2.45) is 0 Å². The van der Waals surface area contributed by atoms with Crippen molar-refractivity contribution in [3.8, 4) is 0 Å². The monoisotopic (exact) mass is 216 g/mol. The number of rotatable bonds is 3. The van der Waals surface area contributed by atoms with Gasteiger partial charge in [0.25, 0.3) is 0 Å². The van der Waals surface area contributed by atoms with Crippen LogP contribution in [0.25, 0.3) is 0 Å². The van der Waals surface area contributed by atoms with Gasteiger partial charge >= 0.3 is 0 Å². The molecular formula is C13H11BF2. The number of benzene rings is 2. The first kappa shape index (κ1) is 10.9. The van der Waals surface area contributed by atoms with E-state index in [-0.39, 0.29) is 11.6 Å². The van der Waals surface area contributed by atoms with Gasteiger partial charge in [0.05, 0.1) is 0 Å². The van der Waals surface area contributed by atoms with Crippen molar-refractivity contribution in [3.05, 3.63) is 65.7 Å². The van der Waals surface area contributed by atoms with Gasteiger partial charge in [-0.15, -0.1) is 0 Å². The van der Waals surface area contributed by atoms with E-state index >= 15 is 0 Å². The molecule has 0 saturated heterocycles. The minimum Gasteiger partial charge on any atom is -0.207 e. The fourth-order valence-electron chi connectivity index (χ4n) is 1.67. The van der Waals surface area contributed by atoms with E-state index in [0.29, 0.717) is 0 Å². The summed E-state index contributed by atoms with van der Waals surface area (Å²) < 4.78 is 25.8. The highest BCUT2D eigenvalue weighted by atomic mass is 19.1. The Kier molecular flexibility index (Phi) is 3.35. The summed E-state index contributed by atoms with van der Waals surface area (Å²) in [5, 5.41) is 0. The van der Waals surface area contributed by atoms with E-state index in [4.69, 9.17) is 0 Å². The molecule has 80 valence electrons. The van der Waals surface area contributed by atoms with E-state index in [1.165, 1.54) is 24.3 Å². The zero-order valence-corrected chi connectivity index (χ0v) is 8.79. The van der Waals surface area contributed by atoms with Crippen molar-refractivity contribution in [3.63, 3.8) is 0 Å². The summed E-state index contributed by atoms with van der Waals surface area (Å²) in [7, 11) is 0.723. The Hall–Kier alpha value is -1.64. The highest BCUT2D eigenvalue weighted by Gasteiger charge is 2.00. The fourth-order valence-corrected chi connectivity index (χ4v) is 1.67. The van der Waals surface area contributed by atoms with Crippen LogP contribution < -0.4 is 5.46 Å². The second-order valence-electron chi connectivity index (χ2n) is 3.76. The third-order valence-corrected chi connectivity index (χ3v) is 2.48. The molecule has 0 unspecified atom stereocenters. The van der Waals surface area contributed by atoms with E-state index in [2.05, 4.69) is 0 Å². The Balaban J connectivity index is 2.02. The SMILES string of the molecule is Fc1cccc(BCc2cccc(F)c2)c1. The maximum Gasteiger partial charge on any atom is 0.162 e. The third kappa shape index (κ3) is 2.93. The molecule has 16 heavy (non-hydrogen) atoms. The van der Waals surface area contributed by atoms with Crippen LogP contribution in [-0.2, 0) is 6.32 Å². The molecule has 2 aromatic rings. The van der Waals surface area contributed by atoms with Gasteiger partial charge in [-0.05, 0) is 30.6 Å². The van der Waals surface area contributed by atoms with Gasteiger partial charge in [-0.2, -0.15) is 0 Å². The van der Waals surface area contributed by atoms with Crippen molar-refractivity contribution in [2.45, 2.75) is 6.32 Å². The Bertz CT molecular complexity index is 437. The summed E-state index contributed by atoms with van der Waals surface area (Å²) >= 11 is 0. The maximum absolute atomic E-state index is 12.9. The standard InChI is InChI=1S/C13H11BF2/c15-12-5-1-3-10(7-12)9-14-11-4-2-6-13(16)8-11/h1-8,14H,9H2. The van der Waals surface area contributed by atoms with E-state index in [1.807, 2.05) is 12.1 Å². The van der Waals surface area contributed by atoms with Crippen molar-refractivity contribution in [1.82, 2.24) is 0 Å². The van der Waals surface area contributed by atoms with Gasteiger partial charge in [0, 0.05) is 0 Å². The quantitative estimate of drug-likeness (QED) is 0.690. The minimum absolute atomic E-state index is 0.225. The van der Waals surface area contributed by atoms with Gasteiger partial charge in [0.15, 0.2) is 7.28 Å². The minimum atomic E-state index is -0.225. The van der Waals surface area contributed by atoms with Crippen LogP contribution in [0.3, 0.4) is 0 Å². The molecule has 0 spiro atoms. The highest BCUT2D eigenvalue weighted by Crippen LogP contribution is 2.03. The van der Waals surface area contributed by atoms with Crippen molar-refractivity contribution in [1.29, 1.82) is 0 Å². The van der Waals surface area contributed by atoms with Crippen LogP contribution in [0.2, 0.25) is 0 Å². The van der Waals surface area contributed by atoms with E-state index in [9.17, 15) is 8.78 Å². The Morgan fingerprint density at radius 1 is 0.875 bits per heavy atom. The molecule has 0 aliphatic carbocycles. The van der Waals surface area contributed by atoms with Gasteiger partial charge in [-0.3, -0.25) is 0 Å². The average Bonchev–Trinajstić information content (AvgIpc) is 2.27. The number of hydrogen-bond donors (Lipinski definition) is 0. The first-order valence-electron chi connectivity index (χ1n) is 5.23. The Morgan fingerprint density at radius 2 is 1.56 bits per heavy atom. The van der Waals surface area contributed by atoms with Crippen LogP contribution >= 0.6 is 0 Å². The largest absolute Gasteiger partial charge is 0.207 e. The van der Waals surface area contributed by atoms with Crippen molar-refractivity contribution < 1.29 is 8.78 Å². The summed E-state index contributed by atoms with van der Waals surface area (Å²) in [6.45, 7) is 0. The molecular weight excluding hydrogens is 205 g/mol. The first-order valence-corrected chi connectivity index (χ1v) is 5.23. The van der Waals surface area contributed by atoms with Gasteiger partial charge < -0.3 is 0 Å². The summed E-state index contributed by atoms with van der Waals surface area (Å²) in [5.74, 6) is -0.450. The second kappa shape index (κ2) is 4.93. The summed E-state index contributed by atoms with van der Waals surface area (Å²) in [4.78, 5) is 0. The maximum atomic E-state index is 12.9.